The zero-order valence-corrected chi connectivity index (χ0v) is 16.6. The predicted molar refractivity (Wildman–Crippen MR) is 112 cm³/mol. The number of carbonyl (C=O) groups is 1. The van der Waals surface area contributed by atoms with Gasteiger partial charge < -0.3 is 15.4 Å². The molecule has 146 valence electrons. The lowest BCUT2D eigenvalue weighted by Crippen LogP contribution is -2.46. The van der Waals surface area contributed by atoms with Crippen molar-refractivity contribution in [1.82, 2.24) is 14.9 Å². The number of rotatable bonds is 5. The average molecular weight is 398 g/mol. The lowest BCUT2D eigenvalue weighted by molar-refractivity contribution is 0.0529. The summed E-state index contributed by atoms with van der Waals surface area (Å²) in [5, 5.41) is 2.53. The summed E-state index contributed by atoms with van der Waals surface area (Å²) in [6, 6.07) is 10.5. The summed E-state index contributed by atoms with van der Waals surface area (Å²) in [7, 11) is 0. The van der Waals surface area contributed by atoms with E-state index in [0.29, 0.717) is 12.2 Å². The van der Waals surface area contributed by atoms with Gasteiger partial charge in [-0.1, -0.05) is 30.3 Å². The number of piperazine rings is 1. The summed E-state index contributed by atoms with van der Waals surface area (Å²) < 4.78 is 5.20. The highest BCUT2D eigenvalue weighted by atomic mass is 32.1. The Hall–Kier alpha value is -2.71. The summed E-state index contributed by atoms with van der Waals surface area (Å²) >= 11 is 1.39. The molecular weight excluding hydrogens is 374 g/mol. The first kappa shape index (κ1) is 18.6. The van der Waals surface area contributed by atoms with Crippen LogP contribution in [0.3, 0.4) is 0 Å². The molecule has 4 rings (SSSR count). The number of fused-ring (bicyclic) bond motifs is 1. The van der Waals surface area contributed by atoms with Gasteiger partial charge in [0.15, 0.2) is 0 Å². The lowest BCUT2D eigenvalue weighted by Gasteiger charge is -2.35. The zero-order valence-electron chi connectivity index (χ0n) is 15.8. The number of nitrogen functional groups attached to an aromatic ring is 1. The van der Waals surface area contributed by atoms with Gasteiger partial charge >= 0.3 is 5.97 Å². The standard InChI is InChI=1S/C20H23N5O2S/c1-2-27-19(26)15-13-28-18-16(15)17(22-20(21)23-18)25-10-8-24(9-11-25)12-14-6-4-3-5-7-14/h3-7,13H,2,8-12H2,1H3,(H2,21,22,23). The molecule has 0 aliphatic carbocycles. The van der Waals surface area contributed by atoms with Gasteiger partial charge in [0, 0.05) is 38.1 Å². The van der Waals surface area contributed by atoms with Crippen molar-refractivity contribution >= 4 is 39.3 Å². The molecule has 1 aliphatic heterocycles. The van der Waals surface area contributed by atoms with Crippen LogP contribution in [0.1, 0.15) is 22.8 Å². The van der Waals surface area contributed by atoms with E-state index in [1.807, 2.05) is 6.07 Å². The number of hydrogen-bond donors (Lipinski definition) is 1. The fourth-order valence-corrected chi connectivity index (χ4v) is 4.40. The molecule has 3 heterocycles. The smallest absolute Gasteiger partial charge is 0.339 e. The molecule has 0 atom stereocenters. The Bertz CT molecular complexity index is 967. The third-order valence-corrected chi connectivity index (χ3v) is 5.72. The summed E-state index contributed by atoms with van der Waals surface area (Å²) in [6.45, 7) is 6.53. The second kappa shape index (κ2) is 8.12. The van der Waals surface area contributed by atoms with Crippen LogP contribution < -0.4 is 10.6 Å². The molecule has 0 amide bonds. The lowest BCUT2D eigenvalue weighted by atomic mass is 10.2. The number of benzene rings is 1. The minimum Gasteiger partial charge on any atom is -0.462 e. The number of esters is 1. The van der Waals surface area contributed by atoms with Gasteiger partial charge in [0.2, 0.25) is 5.95 Å². The fourth-order valence-electron chi connectivity index (χ4n) is 3.49. The second-order valence-corrected chi connectivity index (χ2v) is 7.56. The first-order chi connectivity index (χ1) is 13.7. The highest BCUT2D eigenvalue weighted by molar-refractivity contribution is 7.17. The van der Waals surface area contributed by atoms with Crippen LogP contribution in [-0.4, -0.2) is 53.6 Å². The molecule has 3 aromatic rings. The van der Waals surface area contributed by atoms with Crippen LogP contribution in [0, 0.1) is 0 Å². The van der Waals surface area contributed by atoms with E-state index in [4.69, 9.17) is 10.5 Å². The van der Waals surface area contributed by atoms with Gasteiger partial charge in [0.25, 0.3) is 0 Å². The molecule has 1 fully saturated rings. The van der Waals surface area contributed by atoms with Crippen LogP contribution in [-0.2, 0) is 11.3 Å². The Kier molecular flexibility index (Phi) is 5.40. The van der Waals surface area contributed by atoms with Gasteiger partial charge in [-0.2, -0.15) is 4.98 Å². The number of nitrogens with zero attached hydrogens (tertiary/aromatic N) is 4. The van der Waals surface area contributed by atoms with Crippen molar-refractivity contribution in [2.75, 3.05) is 43.4 Å². The molecule has 0 unspecified atom stereocenters. The molecule has 2 aromatic heterocycles. The van der Waals surface area contributed by atoms with Crippen molar-refractivity contribution in [2.45, 2.75) is 13.5 Å². The third-order valence-electron chi connectivity index (χ3n) is 4.85. The van der Waals surface area contributed by atoms with Crippen LogP contribution in [0.5, 0.6) is 0 Å². The van der Waals surface area contributed by atoms with E-state index >= 15 is 0 Å². The quantitative estimate of drug-likeness (QED) is 0.663. The number of thiophene rings is 1. The maximum Gasteiger partial charge on any atom is 0.339 e. The molecule has 0 spiro atoms. The topological polar surface area (TPSA) is 84.6 Å². The first-order valence-corrected chi connectivity index (χ1v) is 10.3. The van der Waals surface area contributed by atoms with E-state index in [2.05, 4.69) is 44.0 Å². The predicted octanol–water partition coefficient (Wildman–Crippen LogP) is 2.77. The van der Waals surface area contributed by atoms with Crippen LogP contribution in [0.4, 0.5) is 11.8 Å². The normalized spacial score (nSPS) is 15.1. The average Bonchev–Trinajstić information content (AvgIpc) is 3.13. The largest absolute Gasteiger partial charge is 0.462 e. The number of anilines is 2. The van der Waals surface area contributed by atoms with Crippen LogP contribution >= 0.6 is 11.3 Å². The van der Waals surface area contributed by atoms with E-state index in [9.17, 15) is 4.79 Å². The SMILES string of the molecule is CCOC(=O)c1csc2nc(N)nc(N3CCN(Cc4ccccc4)CC3)c12. The van der Waals surface area contributed by atoms with Crippen molar-refractivity contribution in [1.29, 1.82) is 0 Å². The summed E-state index contributed by atoms with van der Waals surface area (Å²) in [5.41, 5.74) is 7.77. The summed E-state index contributed by atoms with van der Waals surface area (Å²) in [5.74, 6) is 0.615. The Morgan fingerprint density at radius 1 is 1.18 bits per heavy atom. The molecule has 0 radical (unpaired) electrons. The number of hydrogen-bond acceptors (Lipinski definition) is 8. The molecule has 0 saturated carbocycles. The minimum atomic E-state index is -0.342. The molecule has 2 N–H and O–H groups in total. The molecule has 1 aliphatic rings. The number of nitrogens with two attached hydrogens (primary N) is 1. The molecule has 1 aromatic carbocycles. The van der Waals surface area contributed by atoms with Gasteiger partial charge in [-0.05, 0) is 12.5 Å². The Morgan fingerprint density at radius 2 is 1.93 bits per heavy atom. The second-order valence-electron chi connectivity index (χ2n) is 6.70. The molecule has 28 heavy (non-hydrogen) atoms. The summed E-state index contributed by atoms with van der Waals surface area (Å²) in [6.07, 6.45) is 0. The number of ether oxygens (including phenoxy) is 1. The third kappa shape index (κ3) is 3.79. The highest BCUT2D eigenvalue weighted by Crippen LogP contribution is 2.33. The van der Waals surface area contributed by atoms with Crippen molar-refractivity contribution < 1.29 is 9.53 Å². The number of aromatic nitrogens is 2. The van der Waals surface area contributed by atoms with E-state index < -0.39 is 0 Å². The Morgan fingerprint density at radius 3 is 2.64 bits per heavy atom. The minimum absolute atomic E-state index is 0.228. The van der Waals surface area contributed by atoms with Crippen molar-refractivity contribution in [3.8, 4) is 0 Å². The maximum absolute atomic E-state index is 12.4. The highest BCUT2D eigenvalue weighted by Gasteiger charge is 2.25. The molecule has 0 bridgehead atoms. The van der Waals surface area contributed by atoms with E-state index in [-0.39, 0.29) is 11.9 Å². The van der Waals surface area contributed by atoms with Crippen molar-refractivity contribution in [3.05, 3.63) is 46.8 Å². The monoisotopic (exact) mass is 397 g/mol. The fraction of sp³-hybridized carbons (Fsp3) is 0.350. The van der Waals surface area contributed by atoms with Crippen LogP contribution in [0.2, 0.25) is 0 Å². The van der Waals surface area contributed by atoms with Crippen molar-refractivity contribution in [2.24, 2.45) is 0 Å². The Labute approximate surface area is 167 Å². The molecule has 7 nitrogen and oxygen atoms in total. The van der Waals surface area contributed by atoms with Gasteiger partial charge in [0.05, 0.1) is 17.6 Å². The van der Waals surface area contributed by atoms with E-state index in [1.165, 1.54) is 16.9 Å². The van der Waals surface area contributed by atoms with Crippen molar-refractivity contribution in [3.63, 3.8) is 0 Å². The Balaban J connectivity index is 1.56. The van der Waals surface area contributed by atoms with E-state index in [1.54, 1.807) is 12.3 Å². The van der Waals surface area contributed by atoms with Gasteiger partial charge in [-0.15, -0.1) is 11.3 Å². The van der Waals surface area contributed by atoms with Gasteiger partial charge in [0.1, 0.15) is 10.6 Å². The first-order valence-electron chi connectivity index (χ1n) is 9.38. The van der Waals surface area contributed by atoms with Gasteiger partial charge in [-0.3, -0.25) is 4.90 Å². The maximum atomic E-state index is 12.4. The van der Waals surface area contributed by atoms with Gasteiger partial charge in [-0.25, -0.2) is 9.78 Å². The molecule has 1 saturated heterocycles. The summed E-state index contributed by atoms with van der Waals surface area (Å²) in [4.78, 5) is 26.5. The molecule has 8 heteroatoms. The zero-order chi connectivity index (χ0) is 19.5. The van der Waals surface area contributed by atoms with E-state index in [0.717, 1.165) is 48.8 Å². The van der Waals surface area contributed by atoms with Crippen LogP contribution in [0.15, 0.2) is 35.7 Å². The number of carbonyl (C=O) groups excluding carboxylic acids is 1. The molecular formula is C20H23N5O2S. The van der Waals surface area contributed by atoms with Crippen LogP contribution in [0.25, 0.3) is 10.2 Å².